The van der Waals surface area contributed by atoms with Crippen LogP contribution < -0.4 is 10.2 Å². The predicted molar refractivity (Wildman–Crippen MR) is 86.2 cm³/mol. The third kappa shape index (κ3) is 2.82. The smallest absolute Gasteiger partial charge is 0.225 e. The second kappa shape index (κ2) is 5.77. The summed E-state index contributed by atoms with van der Waals surface area (Å²) < 4.78 is 0. The van der Waals surface area contributed by atoms with E-state index in [0.717, 1.165) is 42.0 Å². The second-order valence-corrected chi connectivity index (χ2v) is 6.84. The number of aryl methyl sites for hydroxylation is 1. The molecule has 2 aromatic rings. The first-order valence-electron chi connectivity index (χ1n) is 6.98. The molecule has 0 radical (unpaired) electrons. The first kappa shape index (κ1) is 14.5. The molecule has 112 valence electrons. The number of aromatic nitrogens is 2. The van der Waals surface area contributed by atoms with Gasteiger partial charge in [0.1, 0.15) is 10.6 Å². The lowest BCUT2D eigenvalue weighted by atomic mass is 9.96. The highest BCUT2D eigenvalue weighted by molar-refractivity contribution is 7.18. The average molecular weight is 325 g/mol. The molecule has 0 atom stereocenters. The monoisotopic (exact) mass is 324 g/mol. The summed E-state index contributed by atoms with van der Waals surface area (Å²) in [4.78, 5) is 24.7. The molecule has 1 N–H and O–H groups in total. The van der Waals surface area contributed by atoms with Crippen molar-refractivity contribution in [3.8, 4) is 0 Å². The van der Waals surface area contributed by atoms with E-state index in [1.807, 2.05) is 0 Å². The number of thiophene rings is 1. The van der Waals surface area contributed by atoms with Gasteiger partial charge in [0.25, 0.3) is 0 Å². The molecule has 1 saturated heterocycles. The minimum atomic E-state index is 0.100. The highest BCUT2D eigenvalue weighted by Crippen LogP contribution is 2.33. The number of carbonyl (C=O) groups is 1. The van der Waals surface area contributed by atoms with Crippen molar-refractivity contribution in [2.75, 3.05) is 25.0 Å². The fourth-order valence-corrected chi connectivity index (χ4v) is 3.89. The third-order valence-corrected chi connectivity index (χ3v) is 4.99. The highest BCUT2D eigenvalue weighted by atomic mass is 35.5. The van der Waals surface area contributed by atoms with Crippen molar-refractivity contribution in [3.63, 3.8) is 0 Å². The summed E-state index contributed by atoms with van der Waals surface area (Å²) in [6.45, 7) is 3.69. The van der Waals surface area contributed by atoms with Crippen LogP contribution in [0.4, 0.5) is 5.82 Å². The molecule has 0 bridgehead atoms. The Labute approximate surface area is 132 Å². The zero-order valence-corrected chi connectivity index (χ0v) is 13.6. The Morgan fingerprint density at radius 1 is 1.43 bits per heavy atom. The van der Waals surface area contributed by atoms with Crippen LogP contribution in [-0.4, -0.2) is 36.0 Å². The maximum Gasteiger partial charge on any atom is 0.225 e. The van der Waals surface area contributed by atoms with Crippen LogP contribution in [0.5, 0.6) is 0 Å². The Bertz CT molecular complexity index is 679. The molecule has 1 aliphatic heterocycles. The number of anilines is 1. The Morgan fingerprint density at radius 3 is 2.81 bits per heavy atom. The normalized spacial score (nSPS) is 16.4. The zero-order chi connectivity index (χ0) is 15.0. The Hall–Kier alpha value is -1.40. The predicted octanol–water partition coefficient (Wildman–Crippen LogP) is 2.62. The molecular weight excluding hydrogens is 308 g/mol. The van der Waals surface area contributed by atoms with Gasteiger partial charge in [-0.15, -0.1) is 11.3 Å². The molecule has 1 fully saturated rings. The topological polar surface area (TPSA) is 58.1 Å². The maximum absolute atomic E-state index is 11.7. The van der Waals surface area contributed by atoms with Gasteiger partial charge in [0.15, 0.2) is 0 Å². The Kier molecular flexibility index (Phi) is 3.99. The largest absolute Gasteiger partial charge is 0.359 e. The van der Waals surface area contributed by atoms with E-state index in [2.05, 4.69) is 33.2 Å². The lowest BCUT2D eigenvalue weighted by Crippen LogP contribution is -2.40. The van der Waals surface area contributed by atoms with Gasteiger partial charge in [-0.25, -0.2) is 4.98 Å². The number of hydrogen-bond donors (Lipinski definition) is 1. The molecule has 21 heavy (non-hydrogen) atoms. The van der Waals surface area contributed by atoms with Crippen LogP contribution in [-0.2, 0) is 4.79 Å². The second-order valence-electron chi connectivity index (χ2n) is 5.27. The van der Waals surface area contributed by atoms with Gasteiger partial charge in [-0.05, 0) is 37.4 Å². The lowest BCUT2D eigenvalue weighted by molar-refractivity contribution is -0.125. The standard InChI is InChI=1S/C14H17ClN4OS/c1-8-7-10-11(17-14(15)18-13(10)21-8)19-5-3-9(4-6-19)12(20)16-2/h7,9H,3-6H2,1-2H3,(H,16,20). The van der Waals surface area contributed by atoms with Crippen molar-refractivity contribution in [1.82, 2.24) is 15.3 Å². The first-order valence-corrected chi connectivity index (χ1v) is 8.18. The van der Waals surface area contributed by atoms with Crippen molar-refractivity contribution < 1.29 is 4.79 Å². The molecule has 0 aromatic carbocycles. The summed E-state index contributed by atoms with van der Waals surface area (Å²) in [5.41, 5.74) is 0. The number of amides is 1. The lowest BCUT2D eigenvalue weighted by Gasteiger charge is -2.32. The van der Waals surface area contributed by atoms with E-state index in [0.29, 0.717) is 0 Å². The van der Waals surface area contributed by atoms with Crippen molar-refractivity contribution >= 4 is 44.9 Å². The highest BCUT2D eigenvalue weighted by Gasteiger charge is 2.26. The molecule has 0 aliphatic carbocycles. The molecule has 3 heterocycles. The number of carbonyl (C=O) groups excluding carboxylic acids is 1. The number of piperidine rings is 1. The summed E-state index contributed by atoms with van der Waals surface area (Å²) in [5.74, 6) is 1.12. The molecular formula is C14H17ClN4OS. The average Bonchev–Trinajstić information content (AvgIpc) is 2.85. The van der Waals surface area contributed by atoms with E-state index in [9.17, 15) is 4.79 Å². The van der Waals surface area contributed by atoms with Crippen LogP contribution >= 0.6 is 22.9 Å². The van der Waals surface area contributed by atoms with Crippen LogP contribution in [0.1, 0.15) is 17.7 Å². The molecule has 5 nitrogen and oxygen atoms in total. The van der Waals surface area contributed by atoms with Crippen LogP contribution in [0.2, 0.25) is 5.28 Å². The van der Waals surface area contributed by atoms with E-state index >= 15 is 0 Å². The van der Waals surface area contributed by atoms with Crippen LogP contribution in [0.15, 0.2) is 6.07 Å². The van der Waals surface area contributed by atoms with E-state index in [-0.39, 0.29) is 17.1 Å². The van der Waals surface area contributed by atoms with Gasteiger partial charge in [0.05, 0.1) is 5.39 Å². The molecule has 7 heteroatoms. The van der Waals surface area contributed by atoms with Gasteiger partial charge < -0.3 is 10.2 Å². The first-order chi connectivity index (χ1) is 10.1. The fraction of sp³-hybridized carbons (Fsp3) is 0.500. The number of nitrogens with zero attached hydrogens (tertiary/aromatic N) is 3. The van der Waals surface area contributed by atoms with Gasteiger partial charge in [0.2, 0.25) is 11.2 Å². The summed E-state index contributed by atoms with van der Waals surface area (Å²) >= 11 is 7.67. The van der Waals surface area contributed by atoms with E-state index in [1.165, 1.54) is 4.88 Å². The molecule has 2 aromatic heterocycles. The summed E-state index contributed by atoms with van der Waals surface area (Å²) in [6, 6.07) is 2.11. The molecule has 1 aliphatic rings. The minimum Gasteiger partial charge on any atom is -0.359 e. The van der Waals surface area contributed by atoms with Crippen molar-refractivity contribution in [3.05, 3.63) is 16.2 Å². The fourth-order valence-electron chi connectivity index (χ4n) is 2.80. The van der Waals surface area contributed by atoms with Gasteiger partial charge >= 0.3 is 0 Å². The van der Waals surface area contributed by atoms with E-state index < -0.39 is 0 Å². The SMILES string of the molecule is CNC(=O)C1CCN(c2nc(Cl)nc3sc(C)cc23)CC1. The molecule has 0 saturated carbocycles. The molecule has 0 unspecified atom stereocenters. The summed E-state index contributed by atoms with van der Waals surface area (Å²) in [5, 5.41) is 4.07. The molecule has 1 amide bonds. The number of hydrogen-bond acceptors (Lipinski definition) is 5. The molecule has 0 spiro atoms. The third-order valence-electron chi connectivity index (χ3n) is 3.88. The van der Waals surface area contributed by atoms with Crippen molar-refractivity contribution in [2.24, 2.45) is 5.92 Å². The van der Waals surface area contributed by atoms with E-state index in [1.54, 1.807) is 18.4 Å². The maximum atomic E-state index is 11.7. The molecule has 3 rings (SSSR count). The Balaban J connectivity index is 1.87. The summed E-state index contributed by atoms with van der Waals surface area (Å²) in [6.07, 6.45) is 1.68. The van der Waals surface area contributed by atoms with Crippen LogP contribution in [0.3, 0.4) is 0 Å². The Morgan fingerprint density at radius 2 is 2.14 bits per heavy atom. The van der Waals surface area contributed by atoms with Gasteiger partial charge in [-0.2, -0.15) is 4.98 Å². The van der Waals surface area contributed by atoms with Crippen LogP contribution in [0.25, 0.3) is 10.2 Å². The number of fused-ring (bicyclic) bond motifs is 1. The number of nitrogens with one attached hydrogen (secondary N) is 1. The number of halogens is 1. The van der Waals surface area contributed by atoms with Crippen molar-refractivity contribution in [1.29, 1.82) is 0 Å². The van der Waals surface area contributed by atoms with Crippen LogP contribution in [0, 0.1) is 12.8 Å². The summed E-state index contributed by atoms with van der Waals surface area (Å²) in [7, 11) is 1.69. The van der Waals surface area contributed by atoms with Crippen molar-refractivity contribution in [2.45, 2.75) is 19.8 Å². The zero-order valence-electron chi connectivity index (χ0n) is 12.0. The van der Waals surface area contributed by atoms with Gasteiger partial charge in [-0.3, -0.25) is 4.79 Å². The van der Waals surface area contributed by atoms with E-state index in [4.69, 9.17) is 11.6 Å². The minimum absolute atomic E-state index is 0.100. The van der Waals surface area contributed by atoms with Gasteiger partial charge in [-0.1, -0.05) is 0 Å². The number of rotatable bonds is 2. The quantitative estimate of drug-likeness (QED) is 0.863. The van der Waals surface area contributed by atoms with Gasteiger partial charge in [0, 0.05) is 30.9 Å².